The third-order valence-electron chi connectivity index (χ3n) is 6.14. The van der Waals surface area contributed by atoms with Crippen LogP contribution in [0, 0.1) is 5.82 Å². The summed E-state index contributed by atoms with van der Waals surface area (Å²) in [5, 5.41) is 3.59. The number of benzene rings is 1. The zero-order chi connectivity index (χ0) is 20.1. The van der Waals surface area contributed by atoms with Gasteiger partial charge in [0.15, 0.2) is 5.65 Å². The lowest BCUT2D eigenvalue weighted by molar-refractivity contribution is 0.289. The number of hydrogen-bond donors (Lipinski definition) is 1. The molecule has 7 heteroatoms. The van der Waals surface area contributed by atoms with Crippen molar-refractivity contribution in [2.45, 2.75) is 24.9 Å². The molecule has 1 N–H and O–H groups in total. The number of anilines is 1. The number of rotatable bonds is 3. The molecule has 3 fully saturated rings. The summed E-state index contributed by atoms with van der Waals surface area (Å²) in [6, 6.07) is 15.5. The first-order valence-corrected chi connectivity index (χ1v) is 10.3. The lowest BCUT2D eigenvalue weighted by Gasteiger charge is -2.46. The van der Waals surface area contributed by atoms with Gasteiger partial charge in [-0.3, -0.25) is 9.55 Å². The fourth-order valence-electron chi connectivity index (χ4n) is 4.66. The van der Waals surface area contributed by atoms with E-state index in [0.717, 1.165) is 35.8 Å². The van der Waals surface area contributed by atoms with E-state index in [4.69, 9.17) is 9.97 Å². The van der Waals surface area contributed by atoms with Gasteiger partial charge in [0, 0.05) is 43.1 Å². The second kappa shape index (κ2) is 6.88. The molecule has 2 atom stereocenters. The summed E-state index contributed by atoms with van der Waals surface area (Å²) in [6.07, 6.45) is 5.91. The smallest absolute Gasteiger partial charge is 0.167 e. The van der Waals surface area contributed by atoms with E-state index in [1.807, 2.05) is 28.8 Å². The van der Waals surface area contributed by atoms with Crippen LogP contribution in [0.4, 0.5) is 10.2 Å². The third-order valence-corrected chi connectivity index (χ3v) is 6.14. The molecule has 0 spiro atoms. The van der Waals surface area contributed by atoms with Gasteiger partial charge in [-0.25, -0.2) is 14.4 Å². The summed E-state index contributed by atoms with van der Waals surface area (Å²) in [4.78, 5) is 16.4. The third kappa shape index (κ3) is 2.85. The SMILES string of the molecule is Fc1cccc(-c2nc3ccc(N4CC5CCC4CN5)nc3n2-c2ccncc2)c1. The van der Waals surface area contributed by atoms with Crippen LogP contribution in [0.3, 0.4) is 0 Å². The molecule has 0 saturated carbocycles. The Morgan fingerprint density at radius 2 is 1.90 bits per heavy atom. The first kappa shape index (κ1) is 17.5. The molecule has 1 aromatic carbocycles. The van der Waals surface area contributed by atoms with Crippen molar-refractivity contribution in [1.82, 2.24) is 24.8 Å². The number of hydrogen-bond acceptors (Lipinski definition) is 5. The van der Waals surface area contributed by atoms with E-state index in [1.165, 1.54) is 25.0 Å². The summed E-state index contributed by atoms with van der Waals surface area (Å²) >= 11 is 0. The minimum Gasteiger partial charge on any atom is -0.351 e. The Bertz CT molecular complexity index is 1210. The maximum absolute atomic E-state index is 14.0. The molecule has 2 bridgehead atoms. The van der Waals surface area contributed by atoms with Gasteiger partial charge < -0.3 is 10.2 Å². The maximum atomic E-state index is 14.0. The average molecular weight is 400 g/mol. The van der Waals surface area contributed by atoms with Gasteiger partial charge in [0.05, 0.1) is 5.69 Å². The molecule has 4 aromatic rings. The van der Waals surface area contributed by atoms with E-state index < -0.39 is 0 Å². The van der Waals surface area contributed by atoms with Crippen LogP contribution in [0.2, 0.25) is 0 Å². The van der Waals surface area contributed by atoms with Crippen molar-refractivity contribution in [3.63, 3.8) is 0 Å². The van der Waals surface area contributed by atoms with E-state index in [2.05, 4.69) is 21.3 Å². The van der Waals surface area contributed by atoms with E-state index in [9.17, 15) is 4.39 Å². The molecule has 3 aliphatic heterocycles. The van der Waals surface area contributed by atoms with Crippen LogP contribution in [0.15, 0.2) is 60.9 Å². The summed E-state index contributed by atoms with van der Waals surface area (Å²) in [6.45, 7) is 1.98. The van der Waals surface area contributed by atoms with E-state index in [1.54, 1.807) is 18.5 Å². The largest absolute Gasteiger partial charge is 0.351 e. The molecule has 30 heavy (non-hydrogen) atoms. The highest BCUT2D eigenvalue weighted by atomic mass is 19.1. The topological polar surface area (TPSA) is 58.9 Å². The first-order valence-electron chi connectivity index (χ1n) is 10.3. The standard InChI is InChI=1S/C23H21FN6/c24-16-3-1-2-15(12-16)22-27-20-6-7-21(29-14-17-4-5-19(29)13-26-17)28-23(20)30(22)18-8-10-25-11-9-18/h1-3,6-12,17,19,26H,4-5,13-14H2. The van der Waals surface area contributed by atoms with Gasteiger partial charge in [0.2, 0.25) is 0 Å². The van der Waals surface area contributed by atoms with E-state index >= 15 is 0 Å². The zero-order valence-corrected chi connectivity index (χ0v) is 16.4. The van der Waals surface area contributed by atoms with Crippen molar-refractivity contribution in [1.29, 1.82) is 0 Å². The predicted octanol–water partition coefficient (Wildman–Crippen LogP) is 3.56. The number of piperidine rings is 2. The highest BCUT2D eigenvalue weighted by molar-refractivity contribution is 5.81. The van der Waals surface area contributed by atoms with Crippen molar-refractivity contribution in [3.05, 3.63) is 66.7 Å². The van der Waals surface area contributed by atoms with Crippen LogP contribution in [0.5, 0.6) is 0 Å². The number of aromatic nitrogens is 4. The predicted molar refractivity (Wildman–Crippen MR) is 114 cm³/mol. The number of piperazine rings is 1. The van der Waals surface area contributed by atoms with Crippen molar-refractivity contribution in [2.24, 2.45) is 0 Å². The normalized spacial score (nSPS) is 20.8. The molecule has 150 valence electrons. The molecule has 6 heterocycles. The van der Waals surface area contributed by atoms with Crippen LogP contribution < -0.4 is 10.2 Å². The van der Waals surface area contributed by atoms with Crippen molar-refractivity contribution >= 4 is 17.0 Å². The molecule has 3 saturated heterocycles. The van der Waals surface area contributed by atoms with Crippen LogP contribution in [-0.4, -0.2) is 44.7 Å². The minimum atomic E-state index is -0.286. The van der Waals surface area contributed by atoms with Crippen molar-refractivity contribution in [2.75, 3.05) is 18.0 Å². The molecule has 0 amide bonds. The summed E-state index contributed by atoms with van der Waals surface area (Å²) in [5.41, 5.74) is 3.17. The fraction of sp³-hybridized carbons (Fsp3) is 0.261. The zero-order valence-electron chi connectivity index (χ0n) is 16.4. The number of imidazole rings is 1. The van der Waals surface area contributed by atoms with Crippen LogP contribution >= 0.6 is 0 Å². The number of pyridine rings is 2. The van der Waals surface area contributed by atoms with Gasteiger partial charge in [0.25, 0.3) is 0 Å². The van der Waals surface area contributed by atoms with Crippen LogP contribution in [0.1, 0.15) is 12.8 Å². The highest BCUT2D eigenvalue weighted by Gasteiger charge is 2.34. The molecular formula is C23H21FN6. The quantitative estimate of drug-likeness (QED) is 0.570. The Kier molecular flexibility index (Phi) is 4.02. The maximum Gasteiger partial charge on any atom is 0.167 e. The molecule has 0 aliphatic carbocycles. The van der Waals surface area contributed by atoms with E-state index in [-0.39, 0.29) is 5.82 Å². The lowest BCUT2D eigenvalue weighted by Crippen LogP contribution is -2.61. The molecule has 3 aliphatic rings. The van der Waals surface area contributed by atoms with Gasteiger partial charge in [0.1, 0.15) is 23.0 Å². The molecule has 0 radical (unpaired) electrons. The van der Waals surface area contributed by atoms with Gasteiger partial charge in [-0.2, -0.15) is 0 Å². The summed E-state index contributed by atoms with van der Waals surface area (Å²) < 4.78 is 16.0. The number of fused-ring (bicyclic) bond motifs is 4. The van der Waals surface area contributed by atoms with Gasteiger partial charge >= 0.3 is 0 Å². The monoisotopic (exact) mass is 400 g/mol. The number of halogens is 1. The van der Waals surface area contributed by atoms with Gasteiger partial charge in [-0.1, -0.05) is 12.1 Å². The minimum absolute atomic E-state index is 0.286. The fourth-order valence-corrected chi connectivity index (χ4v) is 4.66. The second-order valence-corrected chi connectivity index (χ2v) is 7.99. The molecule has 7 rings (SSSR count). The van der Waals surface area contributed by atoms with Gasteiger partial charge in [-0.15, -0.1) is 0 Å². The Labute approximate surface area is 173 Å². The molecular weight excluding hydrogens is 379 g/mol. The molecule has 6 nitrogen and oxygen atoms in total. The van der Waals surface area contributed by atoms with E-state index in [0.29, 0.717) is 23.5 Å². The number of nitrogens with one attached hydrogen (secondary N) is 1. The Morgan fingerprint density at radius 1 is 1.00 bits per heavy atom. The Balaban J connectivity index is 1.55. The Hall–Kier alpha value is -3.32. The lowest BCUT2D eigenvalue weighted by atomic mass is 9.93. The number of nitrogens with zero attached hydrogens (tertiary/aromatic N) is 5. The first-order chi connectivity index (χ1) is 14.8. The Morgan fingerprint density at radius 3 is 2.63 bits per heavy atom. The summed E-state index contributed by atoms with van der Waals surface area (Å²) in [5.74, 6) is 1.35. The molecule has 3 aromatic heterocycles. The average Bonchev–Trinajstić information content (AvgIpc) is 3.19. The van der Waals surface area contributed by atoms with Crippen molar-refractivity contribution in [3.8, 4) is 17.1 Å². The second-order valence-electron chi connectivity index (χ2n) is 7.99. The van der Waals surface area contributed by atoms with Crippen LogP contribution in [0.25, 0.3) is 28.2 Å². The summed E-state index contributed by atoms with van der Waals surface area (Å²) in [7, 11) is 0. The van der Waals surface area contributed by atoms with Crippen molar-refractivity contribution < 1.29 is 4.39 Å². The molecule has 2 unspecified atom stereocenters. The van der Waals surface area contributed by atoms with Gasteiger partial charge in [-0.05, 0) is 49.2 Å². The van der Waals surface area contributed by atoms with Crippen LogP contribution in [-0.2, 0) is 0 Å². The highest BCUT2D eigenvalue weighted by Crippen LogP contribution is 2.32.